The topological polar surface area (TPSA) is 43.1 Å². The Morgan fingerprint density at radius 2 is 1.11 bits per heavy atom. The van der Waals surface area contributed by atoms with E-state index in [1.165, 1.54) is 107 Å². The van der Waals surface area contributed by atoms with E-state index >= 15 is 0 Å². The van der Waals surface area contributed by atoms with Gasteiger partial charge in [0.25, 0.3) is 0 Å². The van der Waals surface area contributed by atoms with E-state index in [0.717, 1.165) is 12.8 Å². The van der Waals surface area contributed by atoms with Crippen LogP contribution in [-0.4, -0.2) is 5.91 Å². The number of hydrogen-bond acceptors (Lipinski definition) is 1. The number of nitrogens with two attached hydrogens (primary N) is 1. The van der Waals surface area contributed by atoms with Crippen molar-refractivity contribution in [1.82, 2.24) is 0 Å². The number of aryl methyl sites for hydroxylation is 2. The quantitative estimate of drug-likeness (QED) is 0.245. The molecular weight excluding hydrogens is 342 g/mol. The Bertz CT molecular complexity index is 497. The minimum atomic E-state index is -0.159. The van der Waals surface area contributed by atoms with Crippen molar-refractivity contribution in [2.45, 2.75) is 122 Å². The predicted molar refractivity (Wildman–Crippen MR) is 123 cm³/mol. The van der Waals surface area contributed by atoms with Crippen LogP contribution in [0, 0.1) is 0 Å². The van der Waals surface area contributed by atoms with Crippen molar-refractivity contribution >= 4 is 5.91 Å². The predicted octanol–water partition coefficient (Wildman–Crippen LogP) is 7.52. The Kier molecular flexibility index (Phi) is 15.7. The monoisotopic (exact) mass is 387 g/mol. The standard InChI is InChI=1S/C26H45NO/c1-2-3-4-5-11-14-18-24-20-17-21-25(23-24)19-15-12-9-7-6-8-10-13-16-22-26(27)28/h17,20-21,23H,2-16,18-19,22H2,1H3,(H2,27,28). The van der Waals surface area contributed by atoms with E-state index in [-0.39, 0.29) is 5.91 Å². The summed E-state index contributed by atoms with van der Waals surface area (Å²) in [5.74, 6) is -0.159. The van der Waals surface area contributed by atoms with Gasteiger partial charge in [-0.15, -0.1) is 0 Å². The molecule has 0 atom stereocenters. The van der Waals surface area contributed by atoms with E-state index in [9.17, 15) is 4.79 Å². The van der Waals surface area contributed by atoms with Crippen molar-refractivity contribution in [2.75, 3.05) is 0 Å². The molecule has 0 heterocycles. The van der Waals surface area contributed by atoms with Crippen LogP contribution in [-0.2, 0) is 17.6 Å². The second-order valence-corrected chi connectivity index (χ2v) is 8.49. The third-order valence-corrected chi connectivity index (χ3v) is 5.70. The van der Waals surface area contributed by atoms with Gasteiger partial charge in [0.05, 0.1) is 0 Å². The van der Waals surface area contributed by atoms with Gasteiger partial charge in [-0.2, -0.15) is 0 Å². The summed E-state index contributed by atoms with van der Waals surface area (Å²) in [5.41, 5.74) is 8.21. The van der Waals surface area contributed by atoms with Crippen molar-refractivity contribution in [2.24, 2.45) is 5.73 Å². The molecule has 28 heavy (non-hydrogen) atoms. The zero-order valence-corrected chi connectivity index (χ0v) is 18.5. The van der Waals surface area contributed by atoms with Crippen LogP contribution in [0.15, 0.2) is 24.3 Å². The Labute approximate surface area is 174 Å². The molecular formula is C26H45NO. The molecule has 1 amide bonds. The summed E-state index contributed by atoms with van der Waals surface area (Å²) < 4.78 is 0. The van der Waals surface area contributed by atoms with Gasteiger partial charge in [-0.1, -0.05) is 108 Å². The first kappa shape index (κ1) is 24.7. The number of unbranched alkanes of at least 4 members (excludes halogenated alkanes) is 13. The Balaban J connectivity index is 1.98. The molecule has 0 aliphatic heterocycles. The number of hydrogen-bond donors (Lipinski definition) is 1. The Morgan fingerprint density at radius 3 is 1.57 bits per heavy atom. The molecule has 0 spiro atoms. The number of primary amides is 1. The zero-order chi connectivity index (χ0) is 20.3. The molecule has 0 saturated heterocycles. The van der Waals surface area contributed by atoms with Gasteiger partial charge in [0.1, 0.15) is 0 Å². The lowest BCUT2D eigenvalue weighted by atomic mass is 10.00. The summed E-state index contributed by atoms with van der Waals surface area (Å²) >= 11 is 0. The van der Waals surface area contributed by atoms with Crippen LogP contribution in [0.5, 0.6) is 0 Å². The van der Waals surface area contributed by atoms with Crippen LogP contribution in [0.1, 0.15) is 121 Å². The van der Waals surface area contributed by atoms with Crippen LogP contribution in [0.25, 0.3) is 0 Å². The minimum Gasteiger partial charge on any atom is -0.370 e. The van der Waals surface area contributed by atoms with E-state index in [2.05, 4.69) is 31.2 Å². The summed E-state index contributed by atoms with van der Waals surface area (Å²) in [6.07, 6.45) is 22.7. The Hall–Kier alpha value is -1.31. The molecule has 0 radical (unpaired) electrons. The van der Waals surface area contributed by atoms with Gasteiger partial charge in [0.15, 0.2) is 0 Å². The average molecular weight is 388 g/mol. The highest BCUT2D eigenvalue weighted by atomic mass is 16.1. The molecule has 2 N–H and O–H groups in total. The molecule has 1 aromatic rings. The first-order valence-corrected chi connectivity index (χ1v) is 12.1. The third-order valence-electron chi connectivity index (χ3n) is 5.70. The lowest BCUT2D eigenvalue weighted by molar-refractivity contribution is -0.118. The van der Waals surface area contributed by atoms with Crippen LogP contribution < -0.4 is 5.73 Å². The number of amides is 1. The maximum Gasteiger partial charge on any atom is 0.217 e. The first-order chi connectivity index (χ1) is 13.7. The highest BCUT2D eigenvalue weighted by Gasteiger charge is 1.99. The van der Waals surface area contributed by atoms with Crippen molar-refractivity contribution in [1.29, 1.82) is 0 Å². The van der Waals surface area contributed by atoms with E-state index in [1.54, 1.807) is 0 Å². The van der Waals surface area contributed by atoms with Gasteiger partial charge in [-0.05, 0) is 43.2 Å². The van der Waals surface area contributed by atoms with E-state index in [4.69, 9.17) is 5.73 Å². The molecule has 0 unspecified atom stereocenters. The van der Waals surface area contributed by atoms with Gasteiger partial charge in [-0.25, -0.2) is 0 Å². The number of carbonyl (C=O) groups excluding carboxylic acids is 1. The van der Waals surface area contributed by atoms with Crippen LogP contribution in [0.2, 0.25) is 0 Å². The molecule has 0 bridgehead atoms. The fraction of sp³-hybridized carbons (Fsp3) is 0.731. The number of rotatable bonds is 19. The first-order valence-electron chi connectivity index (χ1n) is 12.1. The highest BCUT2D eigenvalue weighted by molar-refractivity contribution is 5.73. The summed E-state index contributed by atoms with van der Waals surface area (Å²) in [7, 11) is 0. The molecule has 160 valence electrons. The second-order valence-electron chi connectivity index (χ2n) is 8.49. The van der Waals surface area contributed by atoms with Gasteiger partial charge in [0.2, 0.25) is 5.91 Å². The zero-order valence-electron chi connectivity index (χ0n) is 18.5. The Morgan fingerprint density at radius 1 is 0.679 bits per heavy atom. The molecule has 0 fully saturated rings. The lowest BCUT2D eigenvalue weighted by Crippen LogP contribution is -2.09. The van der Waals surface area contributed by atoms with Crippen LogP contribution in [0.4, 0.5) is 0 Å². The number of benzene rings is 1. The minimum absolute atomic E-state index is 0.159. The lowest BCUT2D eigenvalue weighted by Gasteiger charge is -2.06. The molecule has 1 rings (SSSR count). The van der Waals surface area contributed by atoms with Crippen molar-refractivity contribution in [3.63, 3.8) is 0 Å². The maximum absolute atomic E-state index is 10.7. The van der Waals surface area contributed by atoms with Gasteiger partial charge in [0, 0.05) is 6.42 Å². The van der Waals surface area contributed by atoms with Crippen molar-refractivity contribution in [3.8, 4) is 0 Å². The summed E-state index contributed by atoms with van der Waals surface area (Å²) in [4.78, 5) is 10.7. The van der Waals surface area contributed by atoms with Crippen molar-refractivity contribution in [3.05, 3.63) is 35.4 Å². The average Bonchev–Trinajstić information content (AvgIpc) is 2.69. The normalized spacial score (nSPS) is 11.0. The van der Waals surface area contributed by atoms with Crippen molar-refractivity contribution < 1.29 is 4.79 Å². The second kappa shape index (κ2) is 17.8. The molecule has 0 saturated carbocycles. The summed E-state index contributed by atoms with van der Waals surface area (Å²) in [5, 5.41) is 0. The third kappa shape index (κ3) is 14.7. The van der Waals surface area contributed by atoms with E-state index < -0.39 is 0 Å². The van der Waals surface area contributed by atoms with E-state index in [1.807, 2.05) is 0 Å². The fourth-order valence-electron chi connectivity index (χ4n) is 3.92. The molecule has 0 aliphatic carbocycles. The fourth-order valence-corrected chi connectivity index (χ4v) is 3.92. The van der Waals surface area contributed by atoms with Crippen LogP contribution >= 0.6 is 0 Å². The highest BCUT2D eigenvalue weighted by Crippen LogP contribution is 2.15. The summed E-state index contributed by atoms with van der Waals surface area (Å²) in [6, 6.07) is 9.30. The maximum atomic E-state index is 10.7. The van der Waals surface area contributed by atoms with Gasteiger partial charge in [-0.3, -0.25) is 4.79 Å². The molecule has 0 aliphatic rings. The molecule has 1 aromatic carbocycles. The molecule has 2 nitrogen and oxygen atoms in total. The largest absolute Gasteiger partial charge is 0.370 e. The van der Waals surface area contributed by atoms with Gasteiger partial charge < -0.3 is 5.73 Å². The van der Waals surface area contributed by atoms with E-state index in [0.29, 0.717) is 6.42 Å². The summed E-state index contributed by atoms with van der Waals surface area (Å²) in [6.45, 7) is 2.28. The molecule has 0 aromatic heterocycles. The SMILES string of the molecule is CCCCCCCCc1cccc(CCCCCCCCCCCC(N)=O)c1. The molecule has 2 heteroatoms. The van der Waals surface area contributed by atoms with Gasteiger partial charge >= 0.3 is 0 Å². The van der Waals surface area contributed by atoms with Crippen LogP contribution in [0.3, 0.4) is 0 Å². The number of carbonyl (C=O) groups is 1. The smallest absolute Gasteiger partial charge is 0.217 e.